The molecule has 0 bridgehead atoms. The Labute approximate surface area is 130 Å². The van der Waals surface area contributed by atoms with Crippen LogP contribution in [0.4, 0.5) is 0 Å². The minimum absolute atomic E-state index is 0.248. The van der Waals surface area contributed by atoms with Gasteiger partial charge < -0.3 is 10.6 Å². The number of piperidine rings is 1. The van der Waals surface area contributed by atoms with Gasteiger partial charge in [-0.05, 0) is 67.1 Å². The predicted octanol–water partition coefficient (Wildman–Crippen LogP) is 2.26. The number of likely N-dealkylation sites (N-methyl/N-ethyl adjacent to an activating group) is 1. The molecule has 0 radical (unpaired) electrons. The molecule has 1 aromatic rings. The van der Waals surface area contributed by atoms with Crippen LogP contribution in [-0.2, 0) is 0 Å². The molecule has 0 spiro atoms. The van der Waals surface area contributed by atoms with Crippen LogP contribution in [0.3, 0.4) is 0 Å². The summed E-state index contributed by atoms with van der Waals surface area (Å²) in [5, 5.41) is 0. The first-order valence-corrected chi connectivity index (χ1v) is 8.19. The third kappa shape index (κ3) is 3.79. The smallest absolute Gasteiger partial charge is 0.0486 e. The molecule has 1 unspecified atom stereocenters. The van der Waals surface area contributed by atoms with Crippen molar-refractivity contribution in [2.45, 2.75) is 31.8 Å². The Hall–Kier alpha value is -0.490. The second-order valence-electron chi connectivity index (χ2n) is 5.52. The first-order valence-electron chi connectivity index (χ1n) is 7.40. The van der Waals surface area contributed by atoms with Crippen LogP contribution in [0.1, 0.15) is 31.4 Å². The number of halogens is 1. The molecule has 5 heteroatoms. The Balaban J connectivity index is 2.04. The molecular formula is C15H25BrN4. The Kier molecular flexibility index (Phi) is 5.96. The fourth-order valence-electron chi connectivity index (χ4n) is 3.05. The van der Waals surface area contributed by atoms with Crippen LogP contribution in [0, 0.1) is 0 Å². The van der Waals surface area contributed by atoms with E-state index in [-0.39, 0.29) is 6.04 Å². The summed E-state index contributed by atoms with van der Waals surface area (Å²) < 4.78 is 1.02. The van der Waals surface area contributed by atoms with E-state index in [1.807, 2.05) is 12.4 Å². The van der Waals surface area contributed by atoms with Gasteiger partial charge in [-0.25, -0.2) is 0 Å². The number of nitrogens with two attached hydrogens (primary N) is 1. The van der Waals surface area contributed by atoms with E-state index in [2.05, 4.69) is 50.8 Å². The SMILES string of the molecule is CCN1CCC(N(C)C(CN)c2cncc(Br)c2)CC1. The lowest BCUT2D eigenvalue weighted by molar-refractivity contribution is 0.101. The molecule has 0 saturated carbocycles. The summed E-state index contributed by atoms with van der Waals surface area (Å²) in [5.41, 5.74) is 7.22. The molecule has 1 aliphatic heterocycles. The van der Waals surface area contributed by atoms with Crippen LogP contribution < -0.4 is 5.73 Å². The molecule has 2 heterocycles. The molecule has 1 fully saturated rings. The van der Waals surface area contributed by atoms with Gasteiger partial charge in [-0.15, -0.1) is 0 Å². The van der Waals surface area contributed by atoms with Crippen LogP contribution in [-0.4, -0.2) is 54.1 Å². The summed E-state index contributed by atoms with van der Waals surface area (Å²) in [6.07, 6.45) is 6.20. The normalized spacial score (nSPS) is 19.4. The number of rotatable bonds is 5. The third-order valence-corrected chi connectivity index (χ3v) is 4.84. The topological polar surface area (TPSA) is 45.4 Å². The van der Waals surface area contributed by atoms with E-state index < -0.39 is 0 Å². The molecule has 4 nitrogen and oxygen atoms in total. The number of likely N-dealkylation sites (tertiary alicyclic amines) is 1. The number of aromatic nitrogens is 1. The van der Waals surface area contributed by atoms with Gasteiger partial charge in [-0.3, -0.25) is 9.88 Å². The average Bonchev–Trinajstić information content (AvgIpc) is 2.48. The molecular weight excluding hydrogens is 316 g/mol. The summed E-state index contributed by atoms with van der Waals surface area (Å²) in [4.78, 5) is 9.23. The van der Waals surface area contributed by atoms with Crippen molar-refractivity contribution in [1.29, 1.82) is 0 Å². The van der Waals surface area contributed by atoms with Crippen LogP contribution in [0.5, 0.6) is 0 Å². The Morgan fingerprint density at radius 1 is 1.45 bits per heavy atom. The molecule has 112 valence electrons. The predicted molar refractivity (Wildman–Crippen MR) is 86.6 cm³/mol. The third-order valence-electron chi connectivity index (χ3n) is 4.41. The molecule has 1 saturated heterocycles. The lowest BCUT2D eigenvalue weighted by Gasteiger charge is -2.40. The molecule has 0 amide bonds. The number of nitrogens with zero attached hydrogens (tertiary/aromatic N) is 3. The second kappa shape index (κ2) is 7.50. The van der Waals surface area contributed by atoms with Gasteiger partial charge in [0.1, 0.15) is 0 Å². The highest BCUT2D eigenvalue weighted by Gasteiger charge is 2.26. The van der Waals surface area contributed by atoms with Gasteiger partial charge in [-0.1, -0.05) is 6.92 Å². The van der Waals surface area contributed by atoms with Crippen molar-refractivity contribution in [1.82, 2.24) is 14.8 Å². The maximum atomic E-state index is 6.02. The highest BCUT2D eigenvalue weighted by molar-refractivity contribution is 9.10. The van der Waals surface area contributed by atoms with E-state index in [9.17, 15) is 0 Å². The molecule has 0 aromatic carbocycles. The lowest BCUT2D eigenvalue weighted by atomic mass is 9.99. The van der Waals surface area contributed by atoms with Gasteiger partial charge in [0.15, 0.2) is 0 Å². The average molecular weight is 341 g/mol. The minimum atomic E-state index is 0.248. The zero-order chi connectivity index (χ0) is 14.5. The molecule has 20 heavy (non-hydrogen) atoms. The molecule has 2 N–H and O–H groups in total. The monoisotopic (exact) mass is 340 g/mol. The highest BCUT2D eigenvalue weighted by atomic mass is 79.9. The van der Waals surface area contributed by atoms with Crippen LogP contribution in [0.2, 0.25) is 0 Å². The number of pyridine rings is 1. The van der Waals surface area contributed by atoms with E-state index in [4.69, 9.17) is 5.73 Å². The van der Waals surface area contributed by atoms with Gasteiger partial charge in [-0.2, -0.15) is 0 Å². The Bertz CT molecular complexity index is 418. The van der Waals surface area contributed by atoms with Crippen molar-refractivity contribution >= 4 is 15.9 Å². The Morgan fingerprint density at radius 2 is 2.15 bits per heavy atom. The molecule has 0 aliphatic carbocycles. The fourth-order valence-corrected chi connectivity index (χ4v) is 3.43. The summed E-state index contributed by atoms with van der Waals surface area (Å²) >= 11 is 3.49. The van der Waals surface area contributed by atoms with Gasteiger partial charge in [0, 0.05) is 35.5 Å². The van der Waals surface area contributed by atoms with Crippen LogP contribution >= 0.6 is 15.9 Å². The number of hydrogen-bond donors (Lipinski definition) is 1. The van der Waals surface area contributed by atoms with Crippen molar-refractivity contribution in [2.75, 3.05) is 33.2 Å². The molecule has 1 aromatic heterocycles. The van der Waals surface area contributed by atoms with Crippen molar-refractivity contribution in [2.24, 2.45) is 5.73 Å². The summed E-state index contributed by atoms with van der Waals surface area (Å²) in [5.74, 6) is 0. The lowest BCUT2D eigenvalue weighted by Crippen LogP contribution is -2.45. The summed E-state index contributed by atoms with van der Waals surface area (Å²) in [6, 6.07) is 2.99. The highest BCUT2D eigenvalue weighted by Crippen LogP contribution is 2.26. The molecule has 1 atom stereocenters. The number of hydrogen-bond acceptors (Lipinski definition) is 4. The summed E-state index contributed by atoms with van der Waals surface area (Å²) in [7, 11) is 2.20. The zero-order valence-electron chi connectivity index (χ0n) is 12.4. The van der Waals surface area contributed by atoms with Crippen molar-refractivity contribution in [3.8, 4) is 0 Å². The van der Waals surface area contributed by atoms with E-state index in [0.29, 0.717) is 12.6 Å². The maximum absolute atomic E-state index is 6.02. The largest absolute Gasteiger partial charge is 0.329 e. The standard InChI is InChI=1S/C15H25BrN4/c1-3-20-6-4-14(5-7-20)19(2)15(9-17)12-8-13(16)11-18-10-12/h8,10-11,14-15H,3-7,9,17H2,1-2H3. The maximum Gasteiger partial charge on any atom is 0.0486 e. The van der Waals surface area contributed by atoms with Gasteiger partial charge >= 0.3 is 0 Å². The van der Waals surface area contributed by atoms with Crippen LogP contribution in [0.15, 0.2) is 22.9 Å². The minimum Gasteiger partial charge on any atom is -0.329 e. The first-order chi connectivity index (χ1) is 9.65. The molecule has 2 rings (SSSR count). The molecule has 1 aliphatic rings. The van der Waals surface area contributed by atoms with Crippen molar-refractivity contribution < 1.29 is 0 Å². The van der Waals surface area contributed by atoms with Crippen LogP contribution in [0.25, 0.3) is 0 Å². The van der Waals surface area contributed by atoms with Crippen molar-refractivity contribution in [3.05, 3.63) is 28.5 Å². The van der Waals surface area contributed by atoms with Gasteiger partial charge in [0.2, 0.25) is 0 Å². The second-order valence-corrected chi connectivity index (χ2v) is 6.43. The quantitative estimate of drug-likeness (QED) is 0.892. The first kappa shape index (κ1) is 15.9. The van der Waals surface area contributed by atoms with E-state index in [1.165, 1.54) is 31.5 Å². The van der Waals surface area contributed by atoms with Crippen molar-refractivity contribution in [3.63, 3.8) is 0 Å². The summed E-state index contributed by atoms with van der Waals surface area (Å²) in [6.45, 7) is 6.41. The Morgan fingerprint density at radius 3 is 2.70 bits per heavy atom. The van der Waals surface area contributed by atoms with Gasteiger partial charge in [0.25, 0.3) is 0 Å². The van der Waals surface area contributed by atoms with E-state index in [1.54, 1.807) is 0 Å². The van der Waals surface area contributed by atoms with E-state index >= 15 is 0 Å². The zero-order valence-corrected chi connectivity index (χ0v) is 14.0. The van der Waals surface area contributed by atoms with Gasteiger partial charge in [0.05, 0.1) is 0 Å². The van der Waals surface area contributed by atoms with E-state index in [0.717, 1.165) is 11.0 Å². The fraction of sp³-hybridized carbons (Fsp3) is 0.667.